The van der Waals surface area contributed by atoms with Gasteiger partial charge in [0.15, 0.2) is 10.8 Å². The third kappa shape index (κ3) is 1.06. The van der Waals surface area contributed by atoms with Gasteiger partial charge in [0.2, 0.25) is 0 Å². The summed E-state index contributed by atoms with van der Waals surface area (Å²) in [5.74, 6) is 0. The first kappa shape index (κ1) is 7.54. The summed E-state index contributed by atoms with van der Waals surface area (Å²) in [6.07, 6.45) is 5.44. The largest absolute Gasteiger partial charge is 0.318 e. The minimum absolute atomic E-state index is 0.783. The van der Waals surface area contributed by atoms with Gasteiger partial charge in [0.05, 0.1) is 12.5 Å². The molecular formula is C7H8N4S. The molecule has 62 valence electrons. The van der Waals surface area contributed by atoms with Crippen LogP contribution < -0.4 is 0 Å². The first-order valence-corrected chi connectivity index (χ1v) is 4.72. The number of rotatable bonds is 1. The fraction of sp³-hybridized carbons (Fsp3) is 0.286. The molecule has 2 heterocycles. The quantitative estimate of drug-likeness (QED) is 0.486. The van der Waals surface area contributed by atoms with Crippen LogP contribution in [0.25, 0.3) is 11.2 Å². The highest BCUT2D eigenvalue weighted by Crippen LogP contribution is 2.12. The van der Waals surface area contributed by atoms with Crippen molar-refractivity contribution in [2.75, 3.05) is 6.26 Å². The minimum atomic E-state index is 0.783. The topological polar surface area (TPSA) is 43.6 Å². The van der Waals surface area contributed by atoms with Crippen molar-refractivity contribution in [1.29, 1.82) is 0 Å². The summed E-state index contributed by atoms with van der Waals surface area (Å²) < 4.78 is 1.89. The van der Waals surface area contributed by atoms with Crippen LogP contribution >= 0.6 is 11.8 Å². The zero-order valence-electron chi connectivity index (χ0n) is 6.85. The molecule has 0 N–H and O–H groups in total. The van der Waals surface area contributed by atoms with Gasteiger partial charge in [-0.15, -0.1) is 0 Å². The van der Waals surface area contributed by atoms with E-state index in [4.69, 9.17) is 0 Å². The number of imidazole rings is 1. The van der Waals surface area contributed by atoms with Gasteiger partial charge >= 0.3 is 0 Å². The van der Waals surface area contributed by atoms with E-state index in [0.717, 1.165) is 16.3 Å². The Balaban J connectivity index is 2.71. The van der Waals surface area contributed by atoms with Crippen molar-refractivity contribution < 1.29 is 0 Å². The molecule has 2 rings (SSSR count). The molecule has 4 nitrogen and oxygen atoms in total. The Morgan fingerprint density at radius 2 is 2.25 bits per heavy atom. The second-order valence-electron chi connectivity index (χ2n) is 2.42. The van der Waals surface area contributed by atoms with Crippen LogP contribution in [0.3, 0.4) is 0 Å². The fourth-order valence-electron chi connectivity index (χ4n) is 1.00. The van der Waals surface area contributed by atoms with Crippen LogP contribution in [0.4, 0.5) is 0 Å². The second-order valence-corrected chi connectivity index (χ2v) is 3.19. The van der Waals surface area contributed by atoms with Crippen molar-refractivity contribution in [3.05, 3.63) is 12.5 Å². The Bertz CT molecular complexity index is 409. The summed E-state index contributed by atoms with van der Waals surface area (Å²) in [6.45, 7) is 0. The van der Waals surface area contributed by atoms with Gasteiger partial charge in [-0.05, 0) is 6.26 Å². The number of aromatic nitrogens is 4. The lowest BCUT2D eigenvalue weighted by molar-refractivity contribution is 0.901. The van der Waals surface area contributed by atoms with Crippen LogP contribution in [0.1, 0.15) is 0 Å². The van der Waals surface area contributed by atoms with E-state index in [1.54, 1.807) is 12.5 Å². The van der Waals surface area contributed by atoms with Crippen LogP contribution in [0.2, 0.25) is 0 Å². The number of nitrogens with zero attached hydrogens (tertiary/aromatic N) is 4. The van der Waals surface area contributed by atoms with Crippen LogP contribution in [-0.4, -0.2) is 25.8 Å². The van der Waals surface area contributed by atoms with Gasteiger partial charge < -0.3 is 4.57 Å². The average molecular weight is 180 g/mol. The van der Waals surface area contributed by atoms with Gasteiger partial charge in [-0.1, -0.05) is 11.8 Å². The Morgan fingerprint density at radius 1 is 1.42 bits per heavy atom. The maximum absolute atomic E-state index is 4.31. The van der Waals surface area contributed by atoms with Gasteiger partial charge in [-0.2, -0.15) is 0 Å². The molecule has 12 heavy (non-hydrogen) atoms. The second kappa shape index (κ2) is 2.75. The van der Waals surface area contributed by atoms with E-state index >= 15 is 0 Å². The van der Waals surface area contributed by atoms with Crippen LogP contribution in [0, 0.1) is 0 Å². The molecule has 5 heteroatoms. The van der Waals surface area contributed by atoms with E-state index < -0.39 is 0 Å². The number of hydrogen-bond donors (Lipinski definition) is 0. The van der Waals surface area contributed by atoms with Crippen molar-refractivity contribution in [2.45, 2.75) is 5.16 Å². The maximum Gasteiger partial charge on any atom is 0.189 e. The Hall–Kier alpha value is -1.10. The van der Waals surface area contributed by atoms with E-state index in [1.165, 1.54) is 11.8 Å². The summed E-state index contributed by atoms with van der Waals surface area (Å²) in [4.78, 5) is 12.5. The SMILES string of the molecule is CSc1ncc2ncn(C)c2n1. The van der Waals surface area contributed by atoms with Crippen molar-refractivity contribution >= 4 is 22.9 Å². The zero-order valence-corrected chi connectivity index (χ0v) is 7.67. The molecule has 0 atom stereocenters. The van der Waals surface area contributed by atoms with Gasteiger partial charge in [-0.25, -0.2) is 15.0 Å². The van der Waals surface area contributed by atoms with Gasteiger partial charge in [-0.3, -0.25) is 0 Å². The molecule has 0 spiro atoms. The molecule has 0 fully saturated rings. The molecule has 0 aliphatic carbocycles. The number of fused-ring (bicyclic) bond motifs is 1. The number of thioether (sulfide) groups is 1. The van der Waals surface area contributed by atoms with Crippen molar-refractivity contribution in [3.8, 4) is 0 Å². The maximum atomic E-state index is 4.31. The molecule has 0 amide bonds. The number of aryl methyl sites for hydroxylation is 1. The highest BCUT2D eigenvalue weighted by atomic mass is 32.2. The molecule has 0 radical (unpaired) electrons. The molecule has 0 bridgehead atoms. The molecule has 2 aromatic rings. The van der Waals surface area contributed by atoms with Crippen molar-refractivity contribution in [2.24, 2.45) is 7.05 Å². The fourth-order valence-corrected chi connectivity index (χ4v) is 1.34. The summed E-state index contributed by atoms with van der Waals surface area (Å²) in [5.41, 5.74) is 1.73. The molecule has 0 aliphatic heterocycles. The molecule has 0 saturated carbocycles. The summed E-state index contributed by atoms with van der Waals surface area (Å²) in [6, 6.07) is 0. The van der Waals surface area contributed by atoms with Gasteiger partial charge in [0.1, 0.15) is 5.52 Å². The number of hydrogen-bond acceptors (Lipinski definition) is 4. The van der Waals surface area contributed by atoms with Crippen LogP contribution in [0.5, 0.6) is 0 Å². The Labute approximate surface area is 74.0 Å². The Kier molecular flexibility index (Phi) is 1.73. The molecule has 0 aromatic carbocycles. The monoisotopic (exact) mass is 180 g/mol. The highest BCUT2D eigenvalue weighted by Gasteiger charge is 2.02. The summed E-state index contributed by atoms with van der Waals surface area (Å²) in [7, 11) is 1.92. The highest BCUT2D eigenvalue weighted by molar-refractivity contribution is 7.98. The van der Waals surface area contributed by atoms with Crippen molar-refractivity contribution in [1.82, 2.24) is 19.5 Å². The van der Waals surface area contributed by atoms with Crippen molar-refractivity contribution in [3.63, 3.8) is 0 Å². The predicted octanol–water partition coefficient (Wildman–Crippen LogP) is 1.09. The first-order chi connectivity index (χ1) is 5.81. The van der Waals surface area contributed by atoms with E-state index in [9.17, 15) is 0 Å². The smallest absolute Gasteiger partial charge is 0.189 e. The van der Waals surface area contributed by atoms with E-state index in [1.807, 2.05) is 17.9 Å². The van der Waals surface area contributed by atoms with Gasteiger partial charge in [0, 0.05) is 7.05 Å². The Morgan fingerprint density at radius 3 is 3.00 bits per heavy atom. The van der Waals surface area contributed by atoms with Crippen LogP contribution in [0.15, 0.2) is 17.7 Å². The molecule has 2 aromatic heterocycles. The van der Waals surface area contributed by atoms with E-state index in [2.05, 4.69) is 15.0 Å². The summed E-state index contributed by atoms with van der Waals surface area (Å²) in [5, 5.41) is 0.783. The first-order valence-electron chi connectivity index (χ1n) is 3.49. The zero-order chi connectivity index (χ0) is 8.55. The molecule has 0 saturated heterocycles. The third-order valence-electron chi connectivity index (χ3n) is 1.61. The summed E-state index contributed by atoms with van der Waals surface area (Å²) >= 11 is 1.53. The lowest BCUT2D eigenvalue weighted by Crippen LogP contribution is -1.90. The molecule has 0 unspecified atom stereocenters. The molecular weight excluding hydrogens is 172 g/mol. The average Bonchev–Trinajstić information content (AvgIpc) is 2.47. The standard InChI is InChI=1S/C7H8N4S/c1-11-4-9-5-3-8-7(12-2)10-6(5)11/h3-4H,1-2H3. The van der Waals surface area contributed by atoms with Crippen LogP contribution in [-0.2, 0) is 7.05 Å². The van der Waals surface area contributed by atoms with Gasteiger partial charge in [0.25, 0.3) is 0 Å². The molecule has 0 aliphatic rings. The lowest BCUT2D eigenvalue weighted by atomic mass is 10.6. The minimum Gasteiger partial charge on any atom is -0.318 e. The van der Waals surface area contributed by atoms with E-state index in [-0.39, 0.29) is 0 Å². The normalized spacial score (nSPS) is 10.8. The third-order valence-corrected chi connectivity index (χ3v) is 2.18. The van der Waals surface area contributed by atoms with E-state index in [0.29, 0.717) is 0 Å². The lowest BCUT2D eigenvalue weighted by Gasteiger charge is -1.95. The predicted molar refractivity (Wildman–Crippen MR) is 48.1 cm³/mol.